The van der Waals surface area contributed by atoms with E-state index in [4.69, 9.17) is 4.42 Å². The Labute approximate surface area is 135 Å². The molecule has 0 saturated heterocycles. The molecule has 5 nitrogen and oxygen atoms in total. The second kappa shape index (κ2) is 5.84. The van der Waals surface area contributed by atoms with E-state index in [1.807, 2.05) is 36.5 Å². The molecule has 4 rings (SSSR count). The van der Waals surface area contributed by atoms with Crippen molar-refractivity contribution in [3.05, 3.63) is 66.3 Å². The molecule has 0 N–H and O–H groups in total. The molecule has 0 radical (unpaired) electrons. The first-order valence-electron chi connectivity index (χ1n) is 7.31. The van der Waals surface area contributed by atoms with Gasteiger partial charge in [-0.25, -0.2) is 0 Å². The van der Waals surface area contributed by atoms with E-state index in [1.54, 1.807) is 18.3 Å². The van der Waals surface area contributed by atoms with Gasteiger partial charge in [-0.15, -0.1) is 10.2 Å². The van der Waals surface area contributed by atoms with E-state index in [0.717, 1.165) is 16.6 Å². The van der Waals surface area contributed by atoms with Crippen LogP contribution in [0.2, 0.25) is 0 Å². The van der Waals surface area contributed by atoms with Crippen LogP contribution in [-0.2, 0) is 6.54 Å². The fourth-order valence-electron chi connectivity index (χ4n) is 2.55. The van der Waals surface area contributed by atoms with Crippen molar-refractivity contribution in [1.29, 1.82) is 0 Å². The smallest absolute Gasteiger partial charge is 0.314 e. The molecule has 0 saturated carbocycles. The normalized spacial score (nSPS) is 11.5. The van der Waals surface area contributed by atoms with E-state index >= 15 is 0 Å². The maximum absolute atomic E-state index is 12.5. The summed E-state index contributed by atoms with van der Waals surface area (Å²) in [6.45, 7) is 0.682. The van der Waals surface area contributed by atoms with Crippen molar-refractivity contribution in [1.82, 2.24) is 19.7 Å². The van der Waals surface area contributed by atoms with Crippen LogP contribution in [0.4, 0.5) is 8.78 Å². The number of hydrogen-bond acceptors (Lipinski definition) is 4. The zero-order valence-electron chi connectivity index (χ0n) is 12.4. The van der Waals surface area contributed by atoms with Crippen LogP contribution >= 0.6 is 0 Å². The summed E-state index contributed by atoms with van der Waals surface area (Å²) < 4.78 is 32.0. The van der Waals surface area contributed by atoms with Crippen LogP contribution in [0.1, 0.15) is 17.9 Å². The lowest BCUT2D eigenvalue weighted by atomic mass is 10.1. The van der Waals surface area contributed by atoms with Crippen molar-refractivity contribution in [3.63, 3.8) is 0 Å². The van der Waals surface area contributed by atoms with Crippen LogP contribution in [0.15, 0.2) is 59.3 Å². The van der Waals surface area contributed by atoms with Crippen molar-refractivity contribution >= 4 is 11.0 Å². The summed E-state index contributed by atoms with van der Waals surface area (Å²) in [6, 6.07) is 13.3. The predicted molar refractivity (Wildman–Crippen MR) is 83.5 cm³/mol. The lowest BCUT2D eigenvalue weighted by Gasteiger charge is -2.06. The van der Waals surface area contributed by atoms with Crippen molar-refractivity contribution < 1.29 is 13.2 Å². The van der Waals surface area contributed by atoms with E-state index in [9.17, 15) is 8.78 Å². The number of rotatable bonds is 4. The summed E-state index contributed by atoms with van der Waals surface area (Å²) in [5, 5.41) is 6.98. The standard InChI is InChI=1S/C17H12F2N4O/c18-15(19)17-22-21-16(24-17)12-5-3-11(4-6-12)10-23-9-7-13-14(23)2-1-8-20-13/h1-9,15H,10H2. The second-order valence-corrected chi connectivity index (χ2v) is 5.29. The number of fused-ring (bicyclic) bond motifs is 1. The number of benzene rings is 1. The summed E-state index contributed by atoms with van der Waals surface area (Å²) in [4.78, 5) is 4.30. The first kappa shape index (κ1) is 14.5. The third-order valence-electron chi connectivity index (χ3n) is 3.72. The minimum absolute atomic E-state index is 0.0902. The molecule has 0 bridgehead atoms. The van der Waals surface area contributed by atoms with E-state index in [1.165, 1.54) is 0 Å². The van der Waals surface area contributed by atoms with Crippen molar-refractivity contribution in [3.8, 4) is 11.5 Å². The maximum atomic E-state index is 12.5. The van der Waals surface area contributed by atoms with Crippen molar-refractivity contribution in [2.24, 2.45) is 0 Å². The number of nitrogens with zero attached hydrogens (tertiary/aromatic N) is 4. The monoisotopic (exact) mass is 326 g/mol. The van der Waals surface area contributed by atoms with Gasteiger partial charge in [0.25, 0.3) is 5.89 Å². The summed E-state index contributed by atoms with van der Waals surface area (Å²) in [7, 11) is 0. The van der Waals surface area contributed by atoms with Crippen LogP contribution in [0.5, 0.6) is 0 Å². The molecule has 0 fully saturated rings. The first-order chi connectivity index (χ1) is 11.7. The molecule has 7 heteroatoms. The minimum Gasteiger partial charge on any atom is -0.415 e. The van der Waals surface area contributed by atoms with Gasteiger partial charge >= 0.3 is 6.43 Å². The Morgan fingerprint density at radius 2 is 1.88 bits per heavy atom. The molecule has 3 heterocycles. The fourth-order valence-corrected chi connectivity index (χ4v) is 2.55. The maximum Gasteiger partial charge on any atom is 0.314 e. The Hall–Kier alpha value is -3.09. The third kappa shape index (κ3) is 2.64. The summed E-state index contributed by atoms with van der Waals surface area (Å²) in [6.07, 6.45) is 0.985. The zero-order valence-corrected chi connectivity index (χ0v) is 12.4. The van der Waals surface area contributed by atoms with E-state index in [-0.39, 0.29) is 5.89 Å². The van der Waals surface area contributed by atoms with Crippen LogP contribution in [0.25, 0.3) is 22.5 Å². The highest BCUT2D eigenvalue weighted by Crippen LogP contribution is 2.24. The number of halogens is 2. The highest BCUT2D eigenvalue weighted by molar-refractivity contribution is 5.75. The van der Waals surface area contributed by atoms with Crippen LogP contribution in [0.3, 0.4) is 0 Å². The number of aromatic nitrogens is 4. The molecule has 0 aliphatic rings. The molecule has 24 heavy (non-hydrogen) atoms. The largest absolute Gasteiger partial charge is 0.415 e. The molecule has 4 aromatic rings. The molecule has 0 aliphatic carbocycles. The third-order valence-corrected chi connectivity index (χ3v) is 3.72. The second-order valence-electron chi connectivity index (χ2n) is 5.29. The molecule has 0 aliphatic heterocycles. The lowest BCUT2D eigenvalue weighted by Crippen LogP contribution is -1.97. The highest BCUT2D eigenvalue weighted by atomic mass is 19.3. The molecule has 0 unspecified atom stereocenters. The highest BCUT2D eigenvalue weighted by Gasteiger charge is 2.16. The lowest BCUT2D eigenvalue weighted by molar-refractivity contribution is 0.116. The Morgan fingerprint density at radius 1 is 1.04 bits per heavy atom. The molecule has 120 valence electrons. The van der Waals surface area contributed by atoms with Gasteiger partial charge in [0, 0.05) is 24.5 Å². The number of alkyl halides is 2. The van der Waals surface area contributed by atoms with Gasteiger partial charge in [0.05, 0.1) is 11.0 Å². The van der Waals surface area contributed by atoms with Gasteiger partial charge < -0.3 is 8.98 Å². The average Bonchev–Trinajstić information content (AvgIpc) is 3.24. The summed E-state index contributed by atoms with van der Waals surface area (Å²) in [5.74, 6) is -0.576. The van der Waals surface area contributed by atoms with Crippen LogP contribution in [0, 0.1) is 0 Å². The zero-order chi connectivity index (χ0) is 16.5. The Kier molecular flexibility index (Phi) is 3.53. The topological polar surface area (TPSA) is 56.7 Å². The summed E-state index contributed by atoms with van der Waals surface area (Å²) >= 11 is 0. The van der Waals surface area contributed by atoms with Gasteiger partial charge in [-0.05, 0) is 35.9 Å². The molecule has 0 atom stereocenters. The van der Waals surface area contributed by atoms with E-state index < -0.39 is 12.3 Å². The van der Waals surface area contributed by atoms with Gasteiger partial charge in [0.15, 0.2) is 0 Å². The van der Waals surface area contributed by atoms with Gasteiger partial charge in [0.1, 0.15) is 0 Å². The number of pyridine rings is 1. The predicted octanol–water partition coefficient (Wildman–Crippen LogP) is 4.07. The summed E-state index contributed by atoms with van der Waals surface area (Å²) in [5.41, 5.74) is 3.67. The SMILES string of the molecule is FC(F)c1nnc(-c2ccc(Cn3ccc4ncccc43)cc2)o1. The van der Waals surface area contributed by atoms with Crippen LogP contribution in [-0.4, -0.2) is 19.7 Å². The van der Waals surface area contributed by atoms with Crippen LogP contribution < -0.4 is 0 Å². The molecule has 3 aromatic heterocycles. The Balaban J connectivity index is 1.57. The Morgan fingerprint density at radius 3 is 2.62 bits per heavy atom. The first-order valence-corrected chi connectivity index (χ1v) is 7.31. The van der Waals surface area contributed by atoms with Gasteiger partial charge in [-0.3, -0.25) is 4.98 Å². The Bertz CT molecular complexity index is 976. The molecular formula is C17H12F2N4O. The van der Waals surface area contributed by atoms with Gasteiger partial charge in [-0.2, -0.15) is 8.78 Å². The van der Waals surface area contributed by atoms with Crippen molar-refractivity contribution in [2.45, 2.75) is 13.0 Å². The average molecular weight is 326 g/mol. The fraction of sp³-hybridized carbons (Fsp3) is 0.118. The van der Waals surface area contributed by atoms with Gasteiger partial charge in [-0.1, -0.05) is 12.1 Å². The number of hydrogen-bond donors (Lipinski definition) is 0. The molecule has 0 amide bonds. The molecular weight excluding hydrogens is 314 g/mol. The molecule has 0 spiro atoms. The van der Waals surface area contributed by atoms with Gasteiger partial charge in [0.2, 0.25) is 5.89 Å². The van der Waals surface area contributed by atoms with E-state index in [0.29, 0.717) is 12.1 Å². The van der Waals surface area contributed by atoms with Crippen molar-refractivity contribution in [2.75, 3.05) is 0 Å². The molecule has 1 aromatic carbocycles. The quantitative estimate of drug-likeness (QED) is 0.567. The van der Waals surface area contributed by atoms with E-state index in [2.05, 4.69) is 19.7 Å². The minimum atomic E-state index is -2.76.